The lowest BCUT2D eigenvalue weighted by Gasteiger charge is -2.15. The predicted octanol–water partition coefficient (Wildman–Crippen LogP) is 1.25. The topological polar surface area (TPSA) is 53.2 Å². The molecule has 0 aliphatic rings. The second-order valence-electron chi connectivity index (χ2n) is 3.50. The minimum Gasteiger partial charge on any atom is -0.367 e. The number of rotatable bonds is 4. The smallest absolute Gasteiger partial charge is 0.259 e. The summed E-state index contributed by atoms with van der Waals surface area (Å²) in [6, 6.07) is 1.36. The molecule has 1 rings (SSSR count). The molecule has 0 spiro atoms. The van der Waals surface area contributed by atoms with Crippen LogP contribution >= 0.6 is 0 Å². The average molecular weight is 208 g/mol. The van der Waals surface area contributed by atoms with Crippen molar-refractivity contribution in [3.05, 3.63) is 34.2 Å². The minimum atomic E-state index is -0.234. The molecule has 0 saturated carbocycles. The summed E-state index contributed by atoms with van der Waals surface area (Å²) in [6.07, 6.45) is 4.95. The van der Waals surface area contributed by atoms with Gasteiger partial charge in [0.1, 0.15) is 5.56 Å². The molecule has 15 heavy (non-hydrogen) atoms. The van der Waals surface area contributed by atoms with E-state index < -0.39 is 0 Å². The van der Waals surface area contributed by atoms with Crippen LogP contribution in [0.1, 0.15) is 30.1 Å². The maximum absolute atomic E-state index is 11.8. The largest absolute Gasteiger partial charge is 0.367 e. The third kappa shape index (κ3) is 2.94. The Morgan fingerprint density at radius 2 is 2.27 bits per heavy atom. The average Bonchev–Trinajstić information content (AvgIpc) is 2.25. The van der Waals surface area contributed by atoms with Crippen molar-refractivity contribution >= 4 is 5.91 Å². The van der Waals surface area contributed by atoms with Gasteiger partial charge in [-0.3, -0.25) is 9.59 Å². The van der Waals surface area contributed by atoms with E-state index in [0.717, 1.165) is 12.8 Å². The van der Waals surface area contributed by atoms with Crippen molar-refractivity contribution in [3.8, 4) is 0 Å². The summed E-state index contributed by atoms with van der Waals surface area (Å²) in [5.74, 6) is -0.217. The predicted molar refractivity (Wildman–Crippen MR) is 58.9 cm³/mol. The number of aromatic amines is 1. The number of hydrogen-bond donors (Lipinski definition) is 1. The Labute approximate surface area is 88.9 Å². The highest BCUT2D eigenvalue weighted by atomic mass is 16.2. The van der Waals surface area contributed by atoms with Gasteiger partial charge in [0.15, 0.2) is 5.43 Å². The van der Waals surface area contributed by atoms with Gasteiger partial charge in [-0.15, -0.1) is 0 Å². The zero-order chi connectivity index (χ0) is 11.3. The normalized spacial score (nSPS) is 10.0. The number of unbranched alkanes of at least 4 members (excludes halogenated alkanes) is 1. The molecule has 1 heterocycles. The van der Waals surface area contributed by atoms with Crippen molar-refractivity contribution in [2.24, 2.45) is 0 Å². The van der Waals surface area contributed by atoms with Gasteiger partial charge in [0, 0.05) is 32.1 Å². The molecule has 1 N–H and O–H groups in total. The number of nitrogens with zero attached hydrogens (tertiary/aromatic N) is 1. The van der Waals surface area contributed by atoms with Gasteiger partial charge in [-0.25, -0.2) is 0 Å². The number of amides is 1. The Morgan fingerprint density at radius 3 is 2.87 bits per heavy atom. The Kier molecular flexibility index (Phi) is 4.09. The van der Waals surface area contributed by atoms with Crippen LogP contribution in [0.15, 0.2) is 23.3 Å². The summed E-state index contributed by atoms with van der Waals surface area (Å²) >= 11 is 0. The number of nitrogens with one attached hydrogen (secondary N) is 1. The first-order chi connectivity index (χ1) is 7.16. The molecule has 1 aromatic rings. The zero-order valence-electron chi connectivity index (χ0n) is 9.12. The molecule has 4 nitrogen and oxygen atoms in total. The fourth-order valence-electron chi connectivity index (χ4n) is 1.29. The molecule has 82 valence electrons. The Balaban J connectivity index is 2.77. The van der Waals surface area contributed by atoms with Crippen molar-refractivity contribution < 1.29 is 4.79 Å². The number of H-pyrrole nitrogens is 1. The zero-order valence-corrected chi connectivity index (χ0v) is 9.12. The molecule has 0 aromatic carbocycles. The summed E-state index contributed by atoms with van der Waals surface area (Å²) < 4.78 is 0. The number of hydrogen-bond acceptors (Lipinski definition) is 2. The molecule has 0 fully saturated rings. The SMILES string of the molecule is CCCCN(C)C(=O)c1c[nH]ccc1=O. The van der Waals surface area contributed by atoms with Gasteiger partial charge in [0.25, 0.3) is 5.91 Å². The van der Waals surface area contributed by atoms with Crippen molar-refractivity contribution in [1.29, 1.82) is 0 Å². The van der Waals surface area contributed by atoms with Crippen LogP contribution in [0.5, 0.6) is 0 Å². The first-order valence-corrected chi connectivity index (χ1v) is 5.09. The molecule has 0 aliphatic heterocycles. The number of carbonyl (C=O) groups excluding carboxylic acids is 1. The van der Waals surface area contributed by atoms with Crippen LogP contribution in [-0.2, 0) is 0 Å². The van der Waals surface area contributed by atoms with E-state index in [1.807, 2.05) is 0 Å². The molecule has 1 amide bonds. The number of aromatic nitrogens is 1. The Morgan fingerprint density at radius 1 is 1.53 bits per heavy atom. The van der Waals surface area contributed by atoms with Crippen molar-refractivity contribution in [3.63, 3.8) is 0 Å². The summed E-state index contributed by atoms with van der Waals surface area (Å²) in [6.45, 7) is 2.75. The Bertz CT molecular complexity index is 384. The molecule has 0 bridgehead atoms. The third-order valence-corrected chi connectivity index (χ3v) is 2.25. The second kappa shape index (κ2) is 5.34. The van der Waals surface area contributed by atoms with E-state index in [-0.39, 0.29) is 16.9 Å². The third-order valence-electron chi connectivity index (χ3n) is 2.25. The second-order valence-corrected chi connectivity index (χ2v) is 3.50. The monoisotopic (exact) mass is 208 g/mol. The van der Waals surface area contributed by atoms with Gasteiger partial charge in [0.2, 0.25) is 0 Å². The molecule has 1 aromatic heterocycles. The molecular formula is C11H16N2O2. The van der Waals surface area contributed by atoms with E-state index in [4.69, 9.17) is 0 Å². The van der Waals surface area contributed by atoms with Crippen LogP contribution < -0.4 is 5.43 Å². The first kappa shape index (κ1) is 11.5. The maximum atomic E-state index is 11.8. The van der Waals surface area contributed by atoms with Crippen LogP contribution in [0.2, 0.25) is 0 Å². The summed E-state index contributed by atoms with van der Waals surface area (Å²) in [5.41, 5.74) is -0.0294. The van der Waals surface area contributed by atoms with E-state index >= 15 is 0 Å². The summed E-state index contributed by atoms with van der Waals surface area (Å²) in [4.78, 5) is 27.5. The molecule has 0 unspecified atom stereocenters. The van der Waals surface area contributed by atoms with E-state index in [2.05, 4.69) is 11.9 Å². The molecule has 0 saturated heterocycles. The van der Waals surface area contributed by atoms with Gasteiger partial charge >= 0.3 is 0 Å². The molecular weight excluding hydrogens is 192 g/mol. The fraction of sp³-hybridized carbons (Fsp3) is 0.455. The number of pyridine rings is 1. The highest BCUT2D eigenvalue weighted by Gasteiger charge is 2.13. The van der Waals surface area contributed by atoms with E-state index in [1.54, 1.807) is 11.9 Å². The fourth-order valence-corrected chi connectivity index (χ4v) is 1.29. The van der Waals surface area contributed by atoms with Gasteiger partial charge in [0.05, 0.1) is 0 Å². The molecule has 0 atom stereocenters. The van der Waals surface area contributed by atoms with Gasteiger partial charge in [-0.2, -0.15) is 0 Å². The Hall–Kier alpha value is -1.58. The van der Waals surface area contributed by atoms with E-state index in [1.165, 1.54) is 18.5 Å². The lowest BCUT2D eigenvalue weighted by atomic mass is 10.2. The highest BCUT2D eigenvalue weighted by molar-refractivity contribution is 5.93. The summed E-state index contributed by atoms with van der Waals surface area (Å²) in [7, 11) is 1.71. The maximum Gasteiger partial charge on any atom is 0.259 e. The van der Waals surface area contributed by atoms with Crippen LogP contribution in [0.25, 0.3) is 0 Å². The molecule has 0 radical (unpaired) electrons. The van der Waals surface area contributed by atoms with Crippen LogP contribution in [0.3, 0.4) is 0 Å². The van der Waals surface area contributed by atoms with E-state index in [0.29, 0.717) is 6.54 Å². The van der Waals surface area contributed by atoms with Gasteiger partial charge in [-0.1, -0.05) is 13.3 Å². The summed E-state index contributed by atoms with van der Waals surface area (Å²) in [5, 5.41) is 0. The minimum absolute atomic E-state index is 0.205. The van der Waals surface area contributed by atoms with E-state index in [9.17, 15) is 9.59 Å². The van der Waals surface area contributed by atoms with Crippen LogP contribution in [0, 0.1) is 0 Å². The quantitative estimate of drug-likeness (QED) is 0.809. The van der Waals surface area contributed by atoms with Gasteiger partial charge in [-0.05, 0) is 6.42 Å². The molecule has 4 heteroatoms. The number of carbonyl (C=O) groups is 1. The van der Waals surface area contributed by atoms with Crippen LogP contribution in [0.4, 0.5) is 0 Å². The van der Waals surface area contributed by atoms with Crippen molar-refractivity contribution in [1.82, 2.24) is 9.88 Å². The lowest BCUT2D eigenvalue weighted by Crippen LogP contribution is -2.31. The standard InChI is InChI=1S/C11H16N2O2/c1-3-4-7-13(2)11(15)9-8-12-6-5-10(9)14/h5-6,8H,3-4,7H2,1-2H3,(H,12,14). The van der Waals surface area contributed by atoms with Crippen LogP contribution in [-0.4, -0.2) is 29.4 Å². The molecule has 0 aliphatic carbocycles. The van der Waals surface area contributed by atoms with Gasteiger partial charge < -0.3 is 9.88 Å². The first-order valence-electron chi connectivity index (χ1n) is 5.09. The van der Waals surface area contributed by atoms with Crippen molar-refractivity contribution in [2.75, 3.05) is 13.6 Å². The highest BCUT2D eigenvalue weighted by Crippen LogP contribution is 1.98. The van der Waals surface area contributed by atoms with Crippen molar-refractivity contribution in [2.45, 2.75) is 19.8 Å². The lowest BCUT2D eigenvalue weighted by molar-refractivity contribution is 0.0791.